The molecule has 3 amide bonds. The van der Waals surface area contributed by atoms with Crippen LogP contribution >= 0.6 is 0 Å². The first-order chi connectivity index (χ1) is 15.2. The summed E-state index contributed by atoms with van der Waals surface area (Å²) in [6, 6.07) is 16.9. The fourth-order valence-corrected chi connectivity index (χ4v) is 3.86. The number of carbonyl (C=O) groups excluding carboxylic acids is 3. The van der Waals surface area contributed by atoms with Gasteiger partial charge >= 0.3 is 0 Å². The molecular weight excluding hydrogens is 402 g/mol. The van der Waals surface area contributed by atoms with Crippen LogP contribution in [0.2, 0.25) is 0 Å². The molecule has 1 atom stereocenters. The van der Waals surface area contributed by atoms with Crippen molar-refractivity contribution in [3.63, 3.8) is 0 Å². The number of amides is 3. The Morgan fingerprint density at radius 1 is 0.875 bits per heavy atom. The molecule has 0 bridgehead atoms. The highest BCUT2D eigenvalue weighted by Crippen LogP contribution is 2.21. The zero-order chi connectivity index (χ0) is 23.3. The smallest absolute Gasteiger partial charge is 0.243 e. The van der Waals surface area contributed by atoms with E-state index in [1.54, 1.807) is 6.92 Å². The van der Waals surface area contributed by atoms with Crippen molar-refractivity contribution >= 4 is 34.2 Å². The first-order valence-corrected chi connectivity index (χ1v) is 10.7. The van der Waals surface area contributed by atoms with E-state index < -0.39 is 11.9 Å². The normalized spacial score (nSPS) is 11.6. The van der Waals surface area contributed by atoms with Gasteiger partial charge in [0.2, 0.25) is 17.7 Å². The summed E-state index contributed by atoms with van der Waals surface area (Å²) >= 11 is 0. The van der Waals surface area contributed by atoms with Crippen LogP contribution in [0, 0.1) is 20.8 Å². The number of rotatable bonds is 7. The van der Waals surface area contributed by atoms with E-state index in [0.717, 1.165) is 38.7 Å². The van der Waals surface area contributed by atoms with E-state index >= 15 is 0 Å². The number of hydrogen-bond donors (Lipinski definition) is 3. The van der Waals surface area contributed by atoms with Gasteiger partial charge in [0.05, 0.1) is 13.0 Å². The lowest BCUT2D eigenvalue weighted by atomic mass is 10.0. The van der Waals surface area contributed by atoms with E-state index in [1.165, 1.54) is 0 Å². The summed E-state index contributed by atoms with van der Waals surface area (Å²) in [7, 11) is 0. The molecule has 0 aliphatic rings. The Kier molecular flexibility index (Phi) is 7.25. The van der Waals surface area contributed by atoms with Gasteiger partial charge in [0.15, 0.2) is 0 Å². The van der Waals surface area contributed by atoms with Crippen molar-refractivity contribution in [1.82, 2.24) is 10.6 Å². The van der Waals surface area contributed by atoms with Gasteiger partial charge in [-0.15, -0.1) is 0 Å². The van der Waals surface area contributed by atoms with Crippen LogP contribution in [0.5, 0.6) is 0 Å². The number of fused-ring (bicyclic) bond motifs is 1. The molecule has 6 heteroatoms. The average Bonchev–Trinajstić information content (AvgIpc) is 2.74. The lowest BCUT2D eigenvalue weighted by Gasteiger charge is -2.16. The largest absolute Gasteiger partial charge is 0.345 e. The molecule has 0 saturated carbocycles. The van der Waals surface area contributed by atoms with Gasteiger partial charge in [-0.25, -0.2) is 0 Å². The second-order valence-corrected chi connectivity index (χ2v) is 8.14. The number of carbonyl (C=O) groups is 3. The highest BCUT2D eigenvalue weighted by atomic mass is 16.2. The molecule has 6 nitrogen and oxygen atoms in total. The molecule has 0 heterocycles. The molecule has 0 aliphatic carbocycles. The maximum absolute atomic E-state index is 12.5. The van der Waals surface area contributed by atoms with Gasteiger partial charge in [-0.05, 0) is 55.2 Å². The zero-order valence-electron chi connectivity index (χ0n) is 18.9. The van der Waals surface area contributed by atoms with E-state index in [9.17, 15) is 14.4 Å². The maximum atomic E-state index is 12.5. The molecular formula is C26H29N3O3. The third-order valence-electron chi connectivity index (χ3n) is 5.37. The lowest BCUT2D eigenvalue weighted by molar-refractivity contribution is -0.129. The van der Waals surface area contributed by atoms with Gasteiger partial charge in [-0.1, -0.05) is 60.2 Å². The van der Waals surface area contributed by atoms with Crippen LogP contribution < -0.4 is 16.0 Å². The summed E-state index contributed by atoms with van der Waals surface area (Å²) < 4.78 is 0. The van der Waals surface area contributed by atoms with Crippen molar-refractivity contribution in [1.29, 1.82) is 0 Å². The van der Waals surface area contributed by atoms with Crippen LogP contribution in [0.15, 0.2) is 54.6 Å². The number of anilines is 1. The van der Waals surface area contributed by atoms with E-state index in [-0.39, 0.29) is 24.8 Å². The van der Waals surface area contributed by atoms with Crippen molar-refractivity contribution in [2.75, 3.05) is 11.9 Å². The molecule has 0 spiro atoms. The van der Waals surface area contributed by atoms with Gasteiger partial charge < -0.3 is 16.0 Å². The minimum absolute atomic E-state index is 0.172. The highest BCUT2D eigenvalue weighted by molar-refractivity contribution is 5.97. The second kappa shape index (κ2) is 10.1. The number of hydrogen-bond acceptors (Lipinski definition) is 3. The van der Waals surface area contributed by atoms with Crippen LogP contribution in [0.1, 0.15) is 29.2 Å². The highest BCUT2D eigenvalue weighted by Gasteiger charge is 2.17. The van der Waals surface area contributed by atoms with E-state index in [2.05, 4.69) is 16.0 Å². The quantitative estimate of drug-likeness (QED) is 0.534. The van der Waals surface area contributed by atoms with Crippen molar-refractivity contribution in [3.8, 4) is 0 Å². The Morgan fingerprint density at radius 3 is 2.25 bits per heavy atom. The van der Waals surface area contributed by atoms with Crippen LogP contribution in [-0.4, -0.2) is 30.3 Å². The van der Waals surface area contributed by atoms with Crippen molar-refractivity contribution in [2.24, 2.45) is 0 Å². The summed E-state index contributed by atoms with van der Waals surface area (Å²) in [4.78, 5) is 37.2. The van der Waals surface area contributed by atoms with Gasteiger partial charge in [0.25, 0.3) is 0 Å². The summed E-state index contributed by atoms with van der Waals surface area (Å²) in [6.07, 6.45) is 0.172. The fraction of sp³-hybridized carbons (Fsp3) is 0.269. The molecule has 0 aromatic heterocycles. The molecule has 3 aromatic carbocycles. The van der Waals surface area contributed by atoms with Gasteiger partial charge in [0, 0.05) is 5.69 Å². The van der Waals surface area contributed by atoms with Crippen LogP contribution in [0.4, 0.5) is 5.69 Å². The minimum Gasteiger partial charge on any atom is -0.345 e. The Hall–Kier alpha value is -3.67. The average molecular weight is 432 g/mol. The Morgan fingerprint density at radius 2 is 1.53 bits per heavy atom. The van der Waals surface area contributed by atoms with Crippen molar-refractivity contribution < 1.29 is 14.4 Å². The Balaban J connectivity index is 1.51. The molecule has 0 fully saturated rings. The molecule has 166 valence electrons. The minimum atomic E-state index is -0.756. The standard InChI is InChI=1S/C26H29N3O3/c1-16-12-17(2)25(18(3)13-16)29-24(31)15-27-26(32)19(4)28-23(30)14-21-10-7-9-20-8-5-6-11-22(20)21/h5-13,19H,14-15H2,1-4H3,(H,27,32)(H,28,30)(H,29,31)/t19-/m1/s1. The van der Waals surface area contributed by atoms with Crippen LogP contribution in [0.3, 0.4) is 0 Å². The van der Waals surface area contributed by atoms with Gasteiger partial charge in [0.1, 0.15) is 6.04 Å². The Labute approximate surface area is 188 Å². The number of aryl methyl sites for hydroxylation is 3. The van der Waals surface area contributed by atoms with E-state index in [1.807, 2.05) is 75.4 Å². The number of nitrogens with one attached hydrogen (secondary N) is 3. The third-order valence-corrected chi connectivity index (χ3v) is 5.37. The number of benzene rings is 3. The SMILES string of the molecule is Cc1cc(C)c(NC(=O)CNC(=O)[C@@H](C)NC(=O)Cc2cccc3ccccc23)c(C)c1. The van der Waals surface area contributed by atoms with Gasteiger partial charge in [-0.2, -0.15) is 0 Å². The molecule has 0 radical (unpaired) electrons. The van der Waals surface area contributed by atoms with Crippen molar-refractivity contribution in [3.05, 3.63) is 76.9 Å². The van der Waals surface area contributed by atoms with Crippen molar-refractivity contribution in [2.45, 2.75) is 40.2 Å². The van der Waals surface area contributed by atoms with E-state index in [0.29, 0.717) is 0 Å². The first-order valence-electron chi connectivity index (χ1n) is 10.7. The second-order valence-electron chi connectivity index (χ2n) is 8.14. The summed E-state index contributed by atoms with van der Waals surface area (Å²) in [5.41, 5.74) is 4.72. The first kappa shape index (κ1) is 23.0. The van der Waals surface area contributed by atoms with Crippen LogP contribution in [-0.2, 0) is 20.8 Å². The lowest BCUT2D eigenvalue weighted by Crippen LogP contribution is -2.47. The predicted octanol–water partition coefficient (Wildman–Crippen LogP) is 3.57. The topological polar surface area (TPSA) is 87.3 Å². The molecule has 3 rings (SSSR count). The zero-order valence-corrected chi connectivity index (χ0v) is 18.9. The molecule has 0 saturated heterocycles. The molecule has 3 N–H and O–H groups in total. The summed E-state index contributed by atoms with van der Waals surface area (Å²) in [5.74, 6) is -0.981. The van der Waals surface area contributed by atoms with Gasteiger partial charge in [-0.3, -0.25) is 14.4 Å². The predicted molar refractivity (Wildman–Crippen MR) is 128 cm³/mol. The van der Waals surface area contributed by atoms with E-state index in [4.69, 9.17) is 0 Å². The maximum Gasteiger partial charge on any atom is 0.243 e. The fourth-order valence-electron chi connectivity index (χ4n) is 3.86. The molecule has 0 unspecified atom stereocenters. The monoisotopic (exact) mass is 431 g/mol. The van der Waals surface area contributed by atoms with Crippen LogP contribution in [0.25, 0.3) is 10.8 Å². The Bertz CT molecular complexity index is 1140. The summed E-state index contributed by atoms with van der Waals surface area (Å²) in [5, 5.41) is 10.2. The molecule has 0 aliphatic heterocycles. The molecule has 32 heavy (non-hydrogen) atoms. The molecule has 3 aromatic rings. The summed E-state index contributed by atoms with van der Waals surface area (Å²) in [6.45, 7) is 7.29. The third kappa shape index (κ3) is 5.72.